The van der Waals surface area contributed by atoms with Crippen LogP contribution in [0.2, 0.25) is 0 Å². The van der Waals surface area contributed by atoms with Gasteiger partial charge in [0.05, 0.1) is 17.0 Å². The van der Waals surface area contributed by atoms with E-state index in [1.165, 1.54) is 0 Å². The summed E-state index contributed by atoms with van der Waals surface area (Å²) in [6.45, 7) is 3.89. The summed E-state index contributed by atoms with van der Waals surface area (Å²) in [5, 5.41) is 16.5. The molecule has 1 atom stereocenters. The number of hydrogen-bond donors (Lipinski definition) is 2. The molecule has 0 bridgehead atoms. The summed E-state index contributed by atoms with van der Waals surface area (Å²) in [6.07, 6.45) is 0.461. The Kier molecular flexibility index (Phi) is 5.50. The molecule has 1 aliphatic heterocycles. The van der Waals surface area contributed by atoms with Crippen LogP contribution in [0, 0.1) is 5.41 Å². The van der Waals surface area contributed by atoms with Crippen LogP contribution in [0.25, 0.3) is 16.9 Å². The molecular weight excluding hydrogens is 488 g/mol. The van der Waals surface area contributed by atoms with Crippen LogP contribution in [-0.2, 0) is 15.0 Å². The Balaban J connectivity index is 1.79. The van der Waals surface area contributed by atoms with E-state index in [4.69, 9.17) is 10.8 Å². The van der Waals surface area contributed by atoms with E-state index in [1.807, 2.05) is 98.8 Å². The number of hydrogen-bond acceptors (Lipinski definition) is 5. The van der Waals surface area contributed by atoms with Crippen molar-refractivity contribution in [1.29, 1.82) is 0 Å². The number of ketones is 1. The first kappa shape index (κ1) is 24.7. The molecule has 2 heterocycles. The molecule has 1 aliphatic carbocycles. The molecule has 39 heavy (non-hydrogen) atoms. The average molecular weight is 519 g/mol. The standard InChI is InChI=1S/C32H30N4O3/c1-31(2)18-24(37)26(25(38)19-31)32(22-16-10-11-17-23(22)35(3)30(32)39)27-28(20-12-6-4-7-13-20)34-36(29(27)33)21-14-8-5-9-15-21/h4-17,37H,18-19,33H2,1-3H3. The first-order valence-electron chi connectivity index (χ1n) is 13.0. The van der Waals surface area contributed by atoms with Gasteiger partial charge in [0.1, 0.15) is 17.0 Å². The Bertz CT molecular complexity index is 1650. The number of allylic oxidation sites excluding steroid dienone is 1. The summed E-state index contributed by atoms with van der Waals surface area (Å²) >= 11 is 0. The lowest BCUT2D eigenvalue weighted by molar-refractivity contribution is -0.125. The van der Waals surface area contributed by atoms with E-state index in [0.717, 1.165) is 11.3 Å². The molecule has 2 aliphatic rings. The van der Waals surface area contributed by atoms with Crippen LogP contribution in [0.5, 0.6) is 0 Å². The van der Waals surface area contributed by atoms with Gasteiger partial charge in [0.15, 0.2) is 5.78 Å². The maximum Gasteiger partial charge on any atom is 0.246 e. The topological polar surface area (TPSA) is 101 Å². The molecule has 0 spiro atoms. The molecule has 196 valence electrons. The Morgan fingerprint density at radius 3 is 2.15 bits per heavy atom. The van der Waals surface area contributed by atoms with Crippen molar-refractivity contribution in [3.63, 3.8) is 0 Å². The van der Waals surface area contributed by atoms with Crippen molar-refractivity contribution < 1.29 is 14.7 Å². The van der Waals surface area contributed by atoms with Crippen molar-refractivity contribution in [1.82, 2.24) is 9.78 Å². The molecule has 7 nitrogen and oxygen atoms in total. The van der Waals surface area contributed by atoms with Crippen molar-refractivity contribution in [2.75, 3.05) is 17.7 Å². The molecule has 1 unspecified atom stereocenters. The van der Waals surface area contributed by atoms with Crippen molar-refractivity contribution in [2.24, 2.45) is 5.41 Å². The molecule has 3 N–H and O–H groups in total. The SMILES string of the molecule is CN1C(=O)C(C2=C(O)CC(C)(C)CC2=O)(c2c(-c3ccccc3)nn(-c3ccccc3)c2N)c2ccccc21. The van der Waals surface area contributed by atoms with Gasteiger partial charge in [-0.2, -0.15) is 5.10 Å². The fourth-order valence-corrected chi connectivity index (χ4v) is 6.25. The van der Waals surface area contributed by atoms with Crippen LogP contribution in [0.1, 0.15) is 37.8 Å². The quantitative estimate of drug-likeness (QED) is 0.367. The number of aliphatic hydroxyl groups excluding tert-OH is 1. The number of amides is 1. The van der Waals surface area contributed by atoms with E-state index < -0.39 is 10.8 Å². The summed E-state index contributed by atoms with van der Waals surface area (Å²) in [5.41, 5.74) is 8.53. The number of rotatable bonds is 4. The van der Waals surface area contributed by atoms with E-state index >= 15 is 0 Å². The number of carbonyl (C=O) groups is 2. The summed E-state index contributed by atoms with van der Waals surface area (Å²) in [6, 6.07) is 26.3. The van der Waals surface area contributed by atoms with Gasteiger partial charge < -0.3 is 15.7 Å². The van der Waals surface area contributed by atoms with E-state index in [9.17, 15) is 14.7 Å². The van der Waals surface area contributed by atoms with Crippen LogP contribution in [0.15, 0.2) is 96.3 Å². The number of nitrogens with two attached hydrogens (primary N) is 1. The smallest absolute Gasteiger partial charge is 0.246 e. The third-order valence-electron chi connectivity index (χ3n) is 7.87. The predicted octanol–water partition coefficient (Wildman–Crippen LogP) is 5.59. The Hall–Kier alpha value is -4.65. The molecular formula is C32H30N4O3. The Morgan fingerprint density at radius 2 is 1.49 bits per heavy atom. The number of Topliss-reactive ketones (excluding diaryl/α,β-unsaturated/α-hetero) is 1. The number of fused-ring (bicyclic) bond motifs is 1. The van der Waals surface area contributed by atoms with Gasteiger partial charge in [-0.25, -0.2) is 4.68 Å². The molecule has 6 rings (SSSR count). The fraction of sp³-hybridized carbons (Fsp3) is 0.219. The largest absolute Gasteiger partial charge is 0.512 e. The lowest BCUT2D eigenvalue weighted by Crippen LogP contribution is -2.46. The van der Waals surface area contributed by atoms with Gasteiger partial charge in [-0.05, 0) is 23.6 Å². The van der Waals surface area contributed by atoms with Crippen LogP contribution in [-0.4, -0.2) is 33.6 Å². The number of anilines is 2. The summed E-state index contributed by atoms with van der Waals surface area (Å²) < 4.78 is 1.61. The second-order valence-electron chi connectivity index (χ2n) is 11.1. The highest BCUT2D eigenvalue weighted by Gasteiger charge is 2.60. The molecule has 7 heteroatoms. The molecule has 1 amide bonds. The number of nitrogen functional groups attached to an aromatic ring is 1. The highest BCUT2D eigenvalue weighted by atomic mass is 16.3. The van der Waals surface area contributed by atoms with Crippen LogP contribution < -0.4 is 10.6 Å². The third-order valence-corrected chi connectivity index (χ3v) is 7.87. The normalized spacial score (nSPS) is 20.4. The minimum atomic E-state index is -1.68. The van der Waals surface area contributed by atoms with E-state index in [-0.39, 0.29) is 41.7 Å². The number of aliphatic hydroxyl groups is 1. The minimum Gasteiger partial charge on any atom is -0.512 e. The van der Waals surface area contributed by atoms with Crippen molar-refractivity contribution in [3.05, 3.63) is 107 Å². The number of carbonyl (C=O) groups excluding carboxylic acids is 2. The first-order valence-corrected chi connectivity index (χ1v) is 13.0. The van der Waals surface area contributed by atoms with Gasteiger partial charge in [-0.15, -0.1) is 0 Å². The van der Waals surface area contributed by atoms with Gasteiger partial charge in [0.2, 0.25) is 5.91 Å². The lowest BCUT2D eigenvalue weighted by atomic mass is 9.62. The van der Waals surface area contributed by atoms with Gasteiger partial charge in [0, 0.05) is 42.3 Å². The molecule has 0 radical (unpaired) electrons. The molecule has 1 aromatic heterocycles. The third kappa shape index (κ3) is 3.53. The van der Waals surface area contributed by atoms with Crippen LogP contribution in [0.3, 0.4) is 0 Å². The van der Waals surface area contributed by atoms with E-state index in [1.54, 1.807) is 16.6 Å². The van der Waals surface area contributed by atoms with Gasteiger partial charge in [-0.3, -0.25) is 9.59 Å². The average Bonchev–Trinajstić information content (AvgIpc) is 3.37. The highest BCUT2D eigenvalue weighted by molar-refractivity contribution is 6.20. The fourth-order valence-electron chi connectivity index (χ4n) is 6.25. The van der Waals surface area contributed by atoms with Crippen LogP contribution >= 0.6 is 0 Å². The van der Waals surface area contributed by atoms with Gasteiger partial charge in [0.25, 0.3) is 0 Å². The van der Waals surface area contributed by atoms with Crippen molar-refractivity contribution >= 4 is 23.2 Å². The number of nitrogens with zero attached hydrogens (tertiary/aromatic N) is 3. The van der Waals surface area contributed by atoms with Crippen molar-refractivity contribution in [3.8, 4) is 16.9 Å². The van der Waals surface area contributed by atoms with E-state index in [0.29, 0.717) is 22.5 Å². The number of aromatic nitrogens is 2. The monoisotopic (exact) mass is 518 g/mol. The summed E-state index contributed by atoms with van der Waals surface area (Å²) in [7, 11) is 1.69. The van der Waals surface area contributed by atoms with Crippen molar-refractivity contribution in [2.45, 2.75) is 32.1 Å². The summed E-state index contributed by atoms with van der Waals surface area (Å²) in [5.74, 6) is -0.472. The Morgan fingerprint density at radius 1 is 0.872 bits per heavy atom. The maximum absolute atomic E-state index is 14.7. The number of likely N-dealkylation sites (N-methyl/N-ethyl adjacent to an activating group) is 1. The molecule has 3 aromatic carbocycles. The first-order chi connectivity index (χ1) is 18.7. The zero-order chi connectivity index (χ0) is 27.5. The predicted molar refractivity (Wildman–Crippen MR) is 152 cm³/mol. The highest BCUT2D eigenvalue weighted by Crippen LogP contribution is 2.57. The zero-order valence-corrected chi connectivity index (χ0v) is 22.2. The maximum atomic E-state index is 14.7. The second kappa shape index (κ2) is 8.70. The molecule has 0 saturated carbocycles. The van der Waals surface area contributed by atoms with E-state index in [2.05, 4.69) is 0 Å². The molecule has 0 fully saturated rings. The van der Waals surface area contributed by atoms with Crippen LogP contribution in [0.4, 0.5) is 11.5 Å². The second-order valence-corrected chi connectivity index (χ2v) is 11.1. The van der Waals surface area contributed by atoms with Gasteiger partial charge >= 0.3 is 0 Å². The summed E-state index contributed by atoms with van der Waals surface area (Å²) in [4.78, 5) is 30.2. The lowest BCUT2D eigenvalue weighted by Gasteiger charge is -2.37. The molecule has 0 saturated heterocycles. The number of benzene rings is 3. The van der Waals surface area contributed by atoms with Gasteiger partial charge in [-0.1, -0.05) is 80.6 Å². The molecule has 4 aromatic rings. The minimum absolute atomic E-state index is 0.0828. The zero-order valence-electron chi connectivity index (χ0n) is 22.2. The number of para-hydroxylation sites is 2. The Labute approximate surface area is 227 Å².